The molecule has 0 bridgehead atoms. The first-order chi connectivity index (χ1) is 9.65. The van der Waals surface area contributed by atoms with E-state index in [0.29, 0.717) is 13.1 Å². The van der Waals surface area contributed by atoms with Gasteiger partial charge in [-0.3, -0.25) is 9.78 Å². The molecule has 0 spiro atoms. The minimum Gasteiger partial charge on any atom is -0.481 e. The first-order valence-electron chi connectivity index (χ1n) is 6.64. The number of hydrogen-bond acceptors (Lipinski definition) is 3. The predicted octanol–water partition coefficient (Wildman–Crippen LogP) is 2.58. The molecule has 1 aromatic carbocycles. The summed E-state index contributed by atoms with van der Waals surface area (Å²) in [5.74, 6) is -1.21. The minimum atomic E-state index is -0.767. The number of carboxylic acids is 1. The standard InChI is InChI=1S/C16H16N2O2/c1-11-5-4-6-12(17-11)9-18-10-14(16(19)20)13-7-2-3-8-15(13)18/h2-8,14H,9-10H2,1H3,(H,19,20). The van der Waals surface area contributed by atoms with Crippen molar-refractivity contribution in [3.05, 3.63) is 59.4 Å². The number of carboxylic acid groups (broad SMARTS) is 1. The van der Waals surface area contributed by atoms with Crippen LogP contribution in [0, 0.1) is 6.92 Å². The molecule has 0 saturated heterocycles. The lowest BCUT2D eigenvalue weighted by molar-refractivity contribution is -0.138. The number of rotatable bonds is 3. The maximum absolute atomic E-state index is 11.4. The molecule has 0 radical (unpaired) electrons. The van der Waals surface area contributed by atoms with Crippen molar-refractivity contribution in [3.63, 3.8) is 0 Å². The zero-order chi connectivity index (χ0) is 14.1. The van der Waals surface area contributed by atoms with Gasteiger partial charge in [0.05, 0.1) is 12.2 Å². The molecule has 4 nitrogen and oxygen atoms in total. The third-order valence-corrected chi connectivity index (χ3v) is 3.65. The summed E-state index contributed by atoms with van der Waals surface area (Å²) in [6.07, 6.45) is 0. The van der Waals surface area contributed by atoms with Crippen molar-refractivity contribution < 1.29 is 9.90 Å². The molecule has 1 aliphatic rings. The van der Waals surface area contributed by atoms with Crippen LogP contribution in [0.1, 0.15) is 22.9 Å². The third kappa shape index (κ3) is 2.25. The van der Waals surface area contributed by atoms with Gasteiger partial charge in [0.25, 0.3) is 0 Å². The smallest absolute Gasteiger partial charge is 0.312 e. The van der Waals surface area contributed by atoms with Crippen molar-refractivity contribution >= 4 is 11.7 Å². The Bertz CT molecular complexity index is 654. The van der Waals surface area contributed by atoms with Gasteiger partial charge in [-0.05, 0) is 30.7 Å². The number of aromatic nitrogens is 1. The largest absolute Gasteiger partial charge is 0.481 e. The van der Waals surface area contributed by atoms with E-state index in [4.69, 9.17) is 0 Å². The number of nitrogens with zero attached hydrogens (tertiary/aromatic N) is 2. The van der Waals surface area contributed by atoms with Gasteiger partial charge in [0.1, 0.15) is 5.92 Å². The lowest BCUT2D eigenvalue weighted by atomic mass is 10.0. The second-order valence-electron chi connectivity index (χ2n) is 5.10. The zero-order valence-corrected chi connectivity index (χ0v) is 11.3. The molecular weight excluding hydrogens is 252 g/mol. The Balaban J connectivity index is 1.90. The maximum atomic E-state index is 11.4. The number of aryl methyl sites for hydroxylation is 1. The number of para-hydroxylation sites is 1. The minimum absolute atomic E-state index is 0.448. The van der Waals surface area contributed by atoms with Gasteiger partial charge >= 0.3 is 5.97 Å². The van der Waals surface area contributed by atoms with E-state index in [1.54, 1.807) is 0 Å². The molecule has 0 aliphatic carbocycles. The molecule has 1 atom stereocenters. The van der Waals surface area contributed by atoms with Gasteiger partial charge < -0.3 is 10.0 Å². The van der Waals surface area contributed by atoms with Crippen molar-refractivity contribution in [1.29, 1.82) is 0 Å². The average molecular weight is 268 g/mol. The summed E-state index contributed by atoms with van der Waals surface area (Å²) in [7, 11) is 0. The van der Waals surface area contributed by atoms with Crippen molar-refractivity contribution in [2.24, 2.45) is 0 Å². The third-order valence-electron chi connectivity index (χ3n) is 3.65. The highest BCUT2D eigenvalue weighted by atomic mass is 16.4. The number of pyridine rings is 1. The fourth-order valence-electron chi connectivity index (χ4n) is 2.73. The molecule has 102 valence electrons. The Hall–Kier alpha value is -2.36. The normalized spacial score (nSPS) is 17.1. The van der Waals surface area contributed by atoms with E-state index in [0.717, 1.165) is 22.6 Å². The number of carbonyl (C=O) groups is 1. The van der Waals surface area contributed by atoms with E-state index >= 15 is 0 Å². The Kier molecular flexibility index (Phi) is 3.14. The van der Waals surface area contributed by atoms with E-state index in [1.807, 2.05) is 49.4 Å². The number of hydrogen-bond donors (Lipinski definition) is 1. The maximum Gasteiger partial charge on any atom is 0.312 e. The fraction of sp³-hybridized carbons (Fsp3) is 0.250. The molecule has 20 heavy (non-hydrogen) atoms. The van der Waals surface area contributed by atoms with Crippen LogP contribution in [0.4, 0.5) is 5.69 Å². The molecular formula is C16H16N2O2. The Labute approximate surface area is 117 Å². The number of fused-ring (bicyclic) bond motifs is 1. The van der Waals surface area contributed by atoms with Crippen molar-refractivity contribution in [2.75, 3.05) is 11.4 Å². The highest BCUT2D eigenvalue weighted by Crippen LogP contribution is 2.36. The van der Waals surface area contributed by atoms with Crippen LogP contribution in [0.15, 0.2) is 42.5 Å². The molecule has 2 heterocycles. The average Bonchev–Trinajstić information content (AvgIpc) is 2.78. The van der Waals surface area contributed by atoms with Crippen LogP contribution in [-0.4, -0.2) is 22.6 Å². The van der Waals surface area contributed by atoms with E-state index in [1.165, 1.54) is 0 Å². The van der Waals surface area contributed by atoms with Crippen molar-refractivity contribution in [3.8, 4) is 0 Å². The first-order valence-corrected chi connectivity index (χ1v) is 6.64. The van der Waals surface area contributed by atoms with E-state index in [9.17, 15) is 9.90 Å². The zero-order valence-electron chi connectivity index (χ0n) is 11.3. The number of anilines is 1. The van der Waals surface area contributed by atoms with Gasteiger partial charge in [-0.15, -0.1) is 0 Å². The van der Waals surface area contributed by atoms with Gasteiger partial charge in [-0.1, -0.05) is 24.3 Å². The molecule has 0 saturated carbocycles. The summed E-state index contributed by atoms with van der Waals surface area (Å²) in [4.78, 5) is 18.0. The molecule has 1 unspecified atom stereocenters. The van der Waals surface area contributed by atoms with Gasteiger partial charge in [-0.25, -0.2) is 0 Å². The second kappa shape index (κ2) is 4.96. The van der Waals surface area contributed by atoms with E-state index in [2.05, 4.69) is 9.88 Å². The monoisotopic (exact) mass is 268 g/mol. The van der Waals surface area contributed by atoms with Crippen LogP contribution in [0.25, 0.3) is 0 Å². The topological polar surface area (TPSA) is 53.4 Å². The molecule has 0 amide bonds. The van der Waals surface area contributed by atoms with Crippen LogP contribution in [0.5, 0.6) is 0 Å². The highest BCUT2D eigenvalue weighted by Gasteiger charge is 2.33. The van der Waals surface area contributed by atoms with Gasteiger partial charge in [0.15, 0.2) is 0 Å². The molecule has 1 aromatic heterocycles. The number of aliphatic carboxylic acids is 1. The Morgan fingerprint density at radius 3 is 2.85 bits per heavy atom. The van der Waals surface area contributed by atoms with Crippen LogP contribution in [0.3, 0.4) is 0 Å². The van der Waals surface area contributed by atoms with Gasteiger partial charge in [0, 0.05) is 17.9 Å². The van der Waals surface area contributed by atoms with E-state index in [-0.39, 0.29) is 0 Å². The Morgan fingerprint density at radius 1 is 1.30 bits per heavy atom. The fourth-order valence-corrected chi connectivity index (χ4v) is 2.73. The first kappa shape index (κ1) is 12.7. The molecule has 2 aromatic rings. The van der Waals surface area contributed by atoms with Crippen molar-refractivity contribution in [1.82, 2.24) is 4.98 Å². The van der Waals surface area contributed by atoms with Crippen molar-refractivity contribution in [2.45, 2.75) is 19.4 Å². The van der Waals surface area contributed by atoms with Gasteiger partial charge in [-0.2, -0.15) is 0 Å². The molecule has 3 rings (SSSR count). The highest BCUT2D eigenvalue weighted by molar-refractivity contribution is 5.82. The van der Waals surface area contributed by atoms with Gasteiger partial charge in [0.2, 0.25) is 0 Å². The lowest BCUT2D eigenvalue weighted by Crippen LogP contribution is -2.24. The van der Waals surface area contributed by atoms with Crippen LogP contribution in [-0.2, 0) is 11.3 Å². The molecule has 1 aliphatic heterocycles. The SMILES string of the molecule is Cc1cccc(CN2CC(C(=O)O)c3ccccc32)n1. The molecule has 4 heteroatoms. The molecule has 1 N–H and O–H groups in total. The lowest BCUT2D eigenvalue weighted by Gasteiger charge is -2.19. The van der Waals surface area contributed by atoms with Crippen LogP contribution in [0.2, 0.25) is 0 Å². The summed E-state index contributed by atoms with van der Waals surface area (Å²) < 4.78 is 0. The summed E-state index contributed by atoms with van der Waals surface area (Å²) in [5, 5.41) is 9.35. The molecule has 0 fully saturated rings. The summed E-state index contributed by atoms with van der Waals surface area (Å²) >= 11 is 0. The van der Waals surface area contributed by atoms with Crippen LogP contribution >= 0.6 is 0 Å². The van der Waals surface area contributed by atoms with Crippen LogP contribution < -0.4 is 4.90 Å². The quantitative estimate of drug-likeness (QED) is 0.929. The second-order valence-corrected chi connectivity index (χ2v) is 5.10. The summed E-state index contributed by atoms with van der Waals surface area (Å²) in [6.45, 7) is 3.11. The number of benzene rings is 1. The predicted molar refractivity (Wildman–Crippen MR) is 76.8 cm³/mol. The summed E-state index contributed by atoms with van der Waals surface area (Å²) in [6, 6.07) is 13.6. The summed E-state index contributed by atoms with van der Waals surface area (Å²) in [5.41, 5.74) is 3.84. The Morgan fingerprint density at radius 2 is 2.10 bits per heavy atom. The van der Waals surface area contributed by atoms with E-state index < -0.39 is 11.9 Å².